The van der Waals surface area contributed by atoms with Crippen LogP contribution in [-0.2, 0) is 26.1 Å². The highest BCUT2D eigenvalue weighted by Gasteiger charge is 2.30. The van der Waals surface area contributed by atoms with Crippen LogP contribution in [0.5, 0.6) is 0 Å². The van der Waals surface area contributed by atoms with Crippen molar-refractivity contribution in [2.75, 3.05) is 13.1 Å². The van der Waals surface area contributed by atoms with Gasteiger partial charge < -0.3 is 9.80 Å². The highest BCUT2D eigenvalue weighted by atomic mass is 35.5. The minimum Gasteiger partial charge on any atom is -0.333 e. The summed E-state index contributed by atoms with van der Waals surface area (Å²) in [5.41, 5.74) is 4.24. The number of halogens is 1. The van der Waals surface area contributed by atoms with Crippen molar-refractivity contribution in [1.82, 2.24) is 19.6 Å². The van der Waals surface area contributed by atoms with Crippen LogP contribution in [0.15, 0.2) is 54.6 Å². The topological polar surface area (TPSA) is 58.4 Å². The molecule has 0 bridgehead atoms. The monoisotopic (exact) mass is 420 g/mol. The maximum Gasteiger partial charge on any atom is 0.274 e. The summed E-state index contributed by atoms with van der Waals surface area (Å²) in [7, 11) is 0. The molecule has 30 heavy (non-hydrogen) atoms. The van der Waals surface area contributed by atoms with E-state index in [-0.39, 0.29) is 11.8 Å². The van der Waals surface area contributed by atoms with E-state index in [1.165, 1.54) is 11.1 Å². The first kappa shape index (κ1) is 18.9. The number of hydrogen-bond acceptors (Lipinski definition) is 3. The third-order valence-corrected chi connectivity index (χ3v) is 6.00. The van der Waals surface area contributed by atoms with Crippen LogP contribution in [0.3, 0.4) is 0 Å². The number of rotatable bonds is 3. The molecule has 0 unspecified atom stereocenters. The number of carbonyl (C=O) groups excluding carboxylic acids is 2. The number of hydrogen-bond donors (Lipinski definition) is 0. The van der Waals surface area contributed by atoms with E-state index >= 15 is 0 Å². The lowest BCUT2D eigenvalue weighted by Gasteiger charge is -2.28. The van der Waals surface area contributed by atoms with E-state index in [4.69, 9.17) is 11.6 Å². The average molecular weight is 421 g/mol. The number of nitrogens with zero attached hydrogens (tertiary/aromatic N) is 4. The quantitative estimate of drug-likeness (QED) is 0.652. The molecule has 2 amide bonds. The van der Waals surface area contributed by atoms with E-state index in [2.05, 4.69) is 17.2 Å². The van der Waals surface area contributed by atoms with Crippen molar-refractivity contribution < 1.29 is 9.59 Å². The lowest BCUT2D eigenvalue weighted by atomic mass is 10.00. The molecule has 1 aromatic heterocycles. The molecule has 0 saturated carbocycles. The van der Waals surface area contributed by atoms with Crippen LogP contribution in [0.25, 0.3) is 0 Å². The molecule has 3 aromatic rings. The second kappa shape index (κ2) is 7.61. The van der Waals surface area contributed by atoms with Crippen molar-refractivity contribution in [2.45, 2.75) is 26.1 Å². The Morgan fingerprint density at radius 3 is 2.67 bits per heavy atom. The Morgan fingerprint density at radius 1 is 1.00 bits per heavy atom. The van der Waals surface area contributed by atoms with Gasteiger partial charge in [0.1, 0.15) is 5.69 Å². The summed E-state index contributed by atoms with van der Waals surface area (Å²) in [5, 5.41) is 5.10. The SMILES string of the molecule is O=C(c1cc2n(n1)CCN(Cc1cccc(Cl)c1)C2=O)N1CCc2ccccc2C1. The second-order valence-electron chi connectivity index (χ2n) is 7.74. The van der Waals surface area contributed by atoms with Gasteiger partial charge in [0.25, 0.3) is 11.8 Å². The van der Waals surface area contributed by atoms with Gasteiger partial charge in [-0.2, -0.15) is 5.10 Å². The van der Waals surface area contributed by atoms with Gasteiger partial charge in [0.2, 0.25) is 0 Å². The number of benzene rings is 2. The fourth-order valence-corrected chi connectivity index (χ4v) is 4.39. The van der Waals surface area contributed by atoms with Crippen LogP contribution in [0.2, 0.25) is 5.02 Å². The lowest BCUT2D eigenvalue weighted by molar-refractivity contribution is 0.0679. The van der Waals surface area contributed by atoms with E-state index in [1.807, 2.05) is 41.3 Å². The Balaban J connectivity index is 1.33. The Labute approximate surface area is 179 Å². The van der Waals surface area contributed by atoms with Crippen molar-refractivity contribution in [2.24, 2.45) is 0 Å². The Kier molecular flexibility index (Phi) is 4.79. The molecule has 6 nitrogen and oxygen atoms in total. The summed E-state index contributed by atoms with van der Waals surface area (Å²) < 4.78 is 1.65. The first-order valence-electron chi connectivity index (χ1n) is 10.1. The molecule has 0 aliphatic carbocycles. The standard InChI is InChI=1S/C23H21ClN4O2/c24-19-7-3-4-16(12-19)14-27-10-11-28-21(23(27)30)13-20(25-28)22(29)26-9-8-17-5-1-2-6-18(17)15-26/h1-7,12-13H,8-11,14-15H2. The van der Waals surface area contributed by atoms with Crippen LogP contribution < -0.4 is 0 Å². The first-order valence-corrected chi connectivity index (χ1v) is 10.4. The van der Waals surface area contributed by atoms with Gasteiger partial charge in [0.05, 0.1) is 6.54 Å². The molecule has 0 saturated heterocycles. The molecule has 3 heterocycles. The van der Waals surface area contributed by atoms with E-state index < -0.39 is 0 Å². The zero-order valence-corrected chi connectivity index (χ0v) is 17.2. The Bertz CT molecular complexity index is 1140. The number of aromatic nitrogens is 2. The summed E-state index contributed by atoms with van der Waals surface area (Å²) in [5.74, 6) is -0.239. The molecular formula is C23H21ClN4O2. The fourth-order valence-electron chi connectivity index (χ4n) is 4.18. The molecule has 2 aliphatic heterocycles. The van der Waals surface area contributed by atoms with Crippen molar-refractivity contribution in [1.29, 1.82) is 0 Å². The van der Waals surface area contributed by atoms with Gasteiger partial charge in [0, 0.05) is 37.3 Å². The molecule has 0 N–H and O–H groups in total. The van der Waals surface area contributed by atoms with Crippen LogP contribution in [0, 0.1) is 0 Å². The predicted octanol–water partition coefficient (Wildman–Crippen LogP) is 3.39. The van der Waals surface area contributed by atoms with Gasteiger partial charge in [-0.25, -0.2) is 0 Å². The molecule has 2 aliphatic rings. The van der Waals surface area contributed by atoms with E-state index in [1.54, 1.807) is 15.6 Å². The van der Waals surface area contributed by atoms with Crippen LogP contribution >= 0.6 is 11.6 Å². The van der Waals surface area contributed by atoms with Gasteiger partial charge in [-0.05, 0) is 35.2 Å². The van der Waals surface area contributed by atoms with Gasteiger partial charge in [-0.3, -0.25) is 14.3 Å². The van der Waals surface area contributed by atoms with Gasteiger partial charge >= 0.3 is 0 Å². The highest BCUT2D eigenvalue weighted by molar-refractivity contribution is 6.30. The molecule has 2 aromatic carbocycles. The number of amides is 2. The van der Waals surface area contributed by atoms with Crippen molar-refractivity contribution in [3.05, 3.63) is 87.7 Å². The van der Waals surface area contributed by atoms with Gasteiger partial charge in [0.15, 0.2) is 5.69 Å². The maximum absolute atomic E-state index is 13.1. The van der Waals surface area contributed by atoms with Crippen LogP contribution in [-0.4, -0.2) is 44.5 Å². The van der Waals surface area contributed by atoms with Crippen LogP contribution in [0.1, 0.15) is 37.7 Å². The largest absolute Gasteiger partial charge is 0.333 e. The molecule has 5 rings (SSSR count). The highest BCUT2D eigenvalue weighted by Crippen LogP contribution is 2.22. The van der Waals surface area contributed by atoms with Crippen molar-refractivity contribution in [3.63, 3.8) is 0 Å². The summed E-state index contributed by atoms with van der Waals surface area (Å²) in [4.78, 5) is 29.6. The Morgan fingerprint density at radius 2 is 1.83 bits per heavy atom. The summed E-state index contributed by atoms with van der Waals surface area (Å²) in [6, 6.07) is 17.3. The zero-order chi connectivity index (χ0) is 20.7. The fraction of sp³-hybridized carbons (Fsp3) is 0.261. The minimum atomic E-state index is -0.124. The summed E-state index contributed by atoms with van der Waals surface area (Å²) in [6.07, 6.45) is 0.835. The first-order chi connectivity index (χ1) is 14.6. The summed E-state index contributed by atoms with van der Waals surface area (Å²) >= 11 is 6.06. The molecule has 0 fully saturated rings. The number of carbonyl (C=O) groups is 2. The predicted molar refractivity (Wildman–Crippen MR) is 113 cm³/mol. The molecule has 0 spiro atoms. The maximum atomic E-state index is 13.1. The molecule has 7 heteroatoms. The minimum absolute atomic E-state index is 0.114. The third-order valence-electron chi connectivity index (χ3n) is 5.77. The lowest BCUT2D eigenvalue weighted by Crippen LogP contribution is -2.39. The van der Waals surface area contributed by atoms with Gasteiger partial charge in [-0.1, -0.05) is 48.0 Å². The molecule has 0 radical (unpaired) electrons. The van der Waals surface area contributed by atoms with Crippen LogP contribution in [0.4, 0.5) is 0 Å². The zero-order valence-electron chi connectivity index (χ0n) is 16.4. The third kappa shape index (κ3) is 3.48. The second-order valence-corrected chi connectivity index (χ2v) is 8.18. The normalized spacial score (nSPS) is 15.7. The Hall–Kier alpha value is -3.12. The molecule has 152 valence electrons. The van der Waals surface area contributed by atoms with Gasteiger partial charge in [-0.15, -0.1) is 0 Å². The molecule has 0 atom stereocenters. The number of fused-ring (bicyclic) bond motifs is 2. The smallest absolute Gasteiger partial charge is 0.274 e. The average Bonchev–Trinajstić information content (AvgIpc) is 3.20. The molecular weight excluding hydrogens is 400 g/mol. The van der Waals surface area contributed by atoms with E-state index in [0.29, 0.717) is 49.1 Å². The van der Waals surface area contributed by atoms with Crippen molar-refractivity contribution in [3.8, 4) is 0 Å². The van der Waals surface area contributed by atoms with E-state index in [9.17, 15) is 9.59 Å². The van der Waals surface area contributed by atoms with Crippen molar-refractivity contribution >= 4 is 23.4 Å². The van der Waals surface area contributed by atoms with E-state index in [0.717, 1.165) is 12.0 Å². The summed E-state index contributed by atoms with van der Waals surface area (Å²) in [6.45, 7) is 2.83.